The molecule has 0 atom stereocenters. The lowest BCUT2D eigenvalue weighted by molar-refractivity contribution is -0.137. The van der Waals surface area contributed by atoms with Crippen molar-refractivity contribution in [2.45, 2.75) is 12.8 Å². The fraction of sp³-hybridized carbons (Fsp3) is 0.192. The number of azo groups is 1. The molecule has 0 unspecified atom stereocenters. The molecule has 0 bridgehead atoms. The van der Waals surface area contributed by atoms with Crippen molar-refractivity contribution >= 4 is 29.2 Å². The van der Waals surface area contributed by atoms with Crippen molar-refractivity contribution < 1.29 is 34.1 Å². The lowest BCUT2D eigenvalue weighted by Crippen LogP contribution is -2.26. The molecule has 10 heteroatoms. The Morgan fingerprint density at radius 3 is 2.33 bits per heavy atom. The number of hydrogen-bond acceptors (Lipinski definition) is 8. The summed E-state index contributed by atoms with van der Waals surface area (Å²) >= 11 is 0. The van der Waals surface area contributed by atoms with Crippen molar-refractivity contribution in [3.8, 4) is 11.5 Å². The molecule has 36 heavy (non-hydrogen) atoms. The van der Waals surface area contributed by atoms with Gasteiger partial charge in [0, 0.05) is 24.6 Å². The fourth-order valence-corrected chi connectivity index (χ4v) is 2.96. The molecular weight excluding hydrogens is 466 g/mol. The summed E-state index contributed by atoms with van der Waals surface area (Å²) in [5.41, 5.74) is 1.62. The third-order valence-corrected chi connectivity index (χ3v) is 4.74. The van der Waals surface area contributed by atoms with Gasteiger partial charge in [-0.2, -0.15) is 5.11 Å². The van der Waals surface area contributed by atoms with Gasteiger partial charge in [0.2, 0.25) is 0 Å². The largest absolute Gasteiger partial charge is 0.491 e. The second-order valence-electron chi connectivity index (χ2n) is 7.46. The molecule has 10 nitrogen and oxygen atoms in total. The molecule has 0 fully saturated rings. The third kappa shape index (κ3) is 8.03. The van der Waals surface area contributed by atoms with Gasteiger partial charge in [-0.3, -0.25) is 9.59 Å². The molecule has 0 saturated carbocycles. The van der Waals surface area contributed by atoms with Gasteiger partial charge in [-0.25, -0.2) is 4.79 Å². The maximum absolute atomic E-state index is 12.4. The molecule has 186 valence electrons. The van der Waals surface area contributed by atoms with E-state index in [1.165, 1.54) is 6.07 Å². The topological polar surface area (TPSA) is 147 Å². The van der Waals surface area contributed by atoms with E-state index in [9.17, 15) is 14.4 Å². The lowest BCUT2D eigenvalue weighted by atomic mass is 10.2. The molecular formula is C26H25N3O7. The predicted molar refractivity (Wildman–Crippen MR) is 130 cm³/mol. The van der Waals surface area contributed by atoms with Crippen LogP contribution in [0.2, 0.25) is 0 Å². The number of aliphatic hydroxyl groups excluding tert-OH is 1. The standard InChI is InChI=1S/C26H25N3O7/c30-15-14-27-25(33)18-8-10-20(11-9-18)28-29-22-13-12-21(17-23(22)35-16-4-7-24(31)32)36-26(34)19-5-2-1-3-6-19/h1-3,5-6,8-13,17,30H,4,7,14-16H2,(H,27,33)(H,31,32). The first-order valence-corrected chi connectivity index (χ1v) is 11.1. The number of hydrogen-bond donors (Lipinski definition) is 3. The van der Waals surface area contributed by atoms with Gasteiger partial charge in [0.25, 0.3) is 5.91 Å². The van der Waals surface area contributed by atoms with Crippen LogP contribution in [-0.4, -0.2) is 47.8 Å². The second kappa shape index (κ2) is 13.4. The normalized spacial score (nSPS) is 10.7. The number of ether oxygens (including phenoxy) is 2. The number of amides is 1. The number of esters is 1. The van der Waals surface area contributed by atoms with E-state index in [4.69, 9.17) is 19.7 Å². The number of carboxylic acid groups (broad SMARTS) is 1. The quantitative estimate of drug-likeness (QED) is 0.148. The van der Waals surface area contributed by atoms with Gasteiger partial charge in [0.05, 0.1) is 24.5 Å². The van der Waals surface area contributed by atoms with Crippen LogP contribution in [0.3, 0.4) is 0 Å². The smallest absolute Gasteiger partial charge is 0.343 e. The van der Waals surface area contributed by atoms with Crippen LogP contribution in [0.4, 0.5) is 11.4 Å². The monoisotopic (exact) mass is 491 g/mol. The average molecular weight is 492 g/mol. The third-order valence-electron chi connectivity index (χ3n) is 4.74. The summed E-state index contributed by atoms with van der Waals surface area (Å²) in [5.74, 6) is -1.29. The van der Waals surface area contributed by atoms with Gasteiger partial charge in [-0.1, -0.05) is 18.2 Å². The van der Waals surface area contributed by atoms with E-state index in [0.717, 1.165) is 0 Å². The number of benzene rings is 3. The summed E-state index contributed by atoms with van der Waals surface area (Å²) in [7, 11) is 0. The minimum atomic E-state index is -0.933. The molecule has 0 aliphatic carbocycles. The van der Waals surface area contributed by atoms with E-state index in [2.05, 4.69) is 15.5 Å². The van der Waals surface area contributed by atoms with Crippen LogP contribution in [0.25, 0.3) is 0 Å². The summed E-state index contributed by atoms with van der Waals surface area (Å²) in [6.45, 7) is 0.123. The van der Waals surface area contributed by atoms with E-state index >= 15 is 0 Å². The predicted octanol–water partition coefficient (Wildman–Crippen LogP) is 4.29. The number of rotatable bonds is 12. The van der Waals surface area contributed by atoms with Crippen molar-refractivity contribution in [1.29, 1.82) is 0 Å². The summed E-state index contributed by atoms with van der Waals surface area (Å²) in [6, 6.07) is 19.5. The molecule has 0 spiro atoms. The highest BCUT2D eigenvalue weighted by Crippen LogP contribution is 2.33. The van der Waals surface area contributed by atoms with Crippen LogP contribution in [0.1, 0.15) is 33.6 Å². The highest BCUT2D eigenvalue weighted by molar-refractivity contribution is 5.94. The Balaban J connectivity index is 1.75. The molecule has 0 aliphatic rings. The first-order valence-electron chi connectivity index (χ1n) is 11.1. The van der Waals surface area contributed by atoms with Crippen LogP contribution >= 0.6 is 0 Å². The van der Waals surface area contributed by atoms with Crippen molar-refractivity contribution in [3.05, 3.63) is 83.9 Å². The number of nitrogens with one attached hydrogen (secondary N) is 1. The zero-order valence-electron chi connectivity index (χ0n) is 19.3. The van der Waals surface area contributed by atoms with Crippen LogP contribution in [0.15, 0.2) is 83.0 Å². The molecule has 0 aliphatic heterocycles. The first kappa shape index (κ1) is 26.0. The first-order chi connectivity index (χ1) is 17.5. The van der Waals surface area contributed by atoms with Gasteiger partial charge < -0.3 is 25.0 Å². The Kier molecular flexibility index (Phi) is 9.66. The fourth-order valence-electron chi connectivity index (χ4n) is 2.96. The molecule has 0 aromatic heterocycles. The Hall–Kier alpha value is -4.57. The van der Waals surface area contributed by atoms with Crippen molar-refractivity contribution in [1.82, 2.24) is 5.32 Å². The number of carboxylic acids is 1. The average Bonchev–Trinajstić information content (AvgIpc) is 2.90. The van der Waals surface area contributed by atoms with Crippen molar-refractivity contribution in [2.75, 3.05) is 19.8 Å². The molecule has 0 heterocycles. The highest BCUT2D eigenvalue weighted by atomic mass is 16.5. The van der Waals surface area contributed by atoms with E-state index in [1.54, 1.807) is 66.7 Å². The summed E-state index contributed by atoms with van der Waals surface area (Å²) in [4.78, 5) is 35.1. The van der Waals surface area contributed by atoms with Crippen molar-refractivity contribution in [3.63, 3.8) is 0 Å². The molecule has 3 rings (SSSR count). The molecule has 3 aromatic rings. The molecule has 0 saturated heterocycles. The number of carbonyl (C=O) groups is 3. The number of aliphatic carboxylic acids is 1. The number of carbonyl (C=O) groups excluding carboxylic acids is 2. The van der Waals surface area contributed by atoms with Crippen LogP contribution in [0.5, 0.6) is 11.5 Å². The van der Waals surface area contributed by atoms with Crippen LogP contribution < -0.4 is 14.8 Å². The Morgan fingerprint density at radius 1 is 0.889 bits per heavy atom. The number of aliphatic hydroxyl groups is 1. The van der Waals surface area contributed by atoms with E-state index in [0.29, 0.717) is 22.5 Å². The summed E-state index contributed by atoms with van der Waals surface area (Å²) in [5, 5.41) is 28.6. The van der Waals surface area contributed by atoms with E-state index in [1.807, 2.05) is 0 Å². The van der Waals surface area contributed by atoms with Gasteiger partial charge in [-0.05, 0) is 55.0 Å². The molecule has 3 aromatic carbocycles. The molecule has 3 N–H and O–H groups in total. The van der Waals surface area contributed by atoms with Gasteiger partial charge in [0.1, 0.15) is 11.4 Å². The minimum absolute atomic E-state index is 0.0578. The Bertz CT molecular complexity index is 1210. The van der Waals surface area contributed by atoms with Gasteiger partial charge in [0.15, 0.2) is 5.75 Å². The summed E-state index contributed by atoms with van der Waals surface area (Å²) in [6.07, 6.45) is 0.220. The second-order valence-corrected chi connectivity index (χ2v) is 7.46. The maximum atomic E-state index is 12.4. The zero-order valence-corrected chi connectivity index (χ0v) is 19.3. The van der Waals surface area contributed by atoms with E-state index in [-0.39, 0.29) is 50.0 Å². The molecule has 0 radical (unpaired) electrons. The minimum Gasteiger partial charge on any atom is -0.491 e. The zero-order chi connectivity index (χ0) is 25.8. The van der Waals surface area contributed by atoms with Crippen LogP contribution in [-0.2, 0) is 4.79 Å². The van der Waals surface area contributed by atoms with Gasteiger partial charge in [-0.15, -0.1) is 5.11 Å². The molecule has 1 amide bonds. The Labute approximate surface area is 207 Å². The summed E-state index contributed by atoms with van der Waals surface area (Å²) < 4.78 is 11.1. The van der Waals surface area contributed by atoms with Gasteiger partial charge >= 0.3 is 11.9 Å². The Morgan fingerprint density at radius 2 is 1.64 bits per heavy atom. The maximum Gasteiger partial charge on any atom is 0.343 e. The van der Waals surface area contributed by atoms with Crippen LogP contribution in [0, 0.1) is 0 Å². The number of nitrogens with zero attached hydrogens (tertiary/aromatic N) is 2. The SMILES string of the molecule is O=C(O)CCCOc1cc(OC(=O)c2ccccc2)ccc1N=Nc1ccc(C(=O)NCCO)cc1. The van der Waals surface area contributed by atoms with E-state index < -0.39 is 11.9 Å². The highest BCUT2D eigenvalue weighted by Gasteiger charge is 2.12. The lowest BCUT2D eigenvalue weighted by Gasteiger charge is -2.10. The van der Waals surface area contributed by atoms with Crippen molar-refractivity contribution in [2.24, 2.45) is 10.2 Å².